The second-order valence-corrected chi connectivity index (χ2v) is 4.83. The predicted octanol–water partition coefficient (Wildman–Crippen LogP) is 0.0442. The lowest BCUT2D eigenvalue weighted by Crippen LogP contribution is -2.49. The van der Waals surface area contributed by atoms with Crippen molar-refractivity contribution in [1.29, 1.82) is 0 Å². The maximum atomic E-state index is 11.7. The zero-order chi connectivity index (χ0) is 13.2. The summed E-state index contributed by atoms with van der Waals surface area (Å²) in [5.41, 5.74) is -0.480. The SMILES string of the molecule is Cn1ncc(C(=O)N[C@H](C(=O)O)C(C)(C)C)n1. The van der Waals surface area contributed by atoms with Crippen LogP contribution < -0.4 is 5.32 Å². The van der Waals surface area contributed by atoms with Crippen LogP contribution >= 0.6 is 0 Å². The number of carboxylic acid groups (broad SMARTS) is 1. The first-order valence-corrected chi connectivity index (χ1v) is 5.12. The lowest BCUT2D eigenvalue weighted by Gasteiger charge is -2.27. The summed E-state index contributed by atoms with van der Waals surface area (Å²) in [7, 11) is 1.58. The van der Waals surface area contributed by atoms with E-state index >= 15 is 0 Å². The maximum Gasteiger partial charge on any atom is 0.326 e. The number of carbonyl (C=O) groups excluding carboxylic acids is 1. The van der Waals surface area contributed by atoms with Gasteiger partial charge in [-0.15, -0.1) is 5.10 Å². The fourth-order valence-corrected chi connectivity index (χ4v) is 1.30. The molecule has 94 valence electrons. The number of nitrogens with one attached hydrogen (secondary N) is 1. The Morgan fingerprint density at radius 3 is 2.41 bits per heavy atom. The molecule has 17 heavy (non-hydrogen) atoms. The van der Waals surface area contributed by atoms with E-state index in [4.69, 9.17) is 5.11 Å². The molecule has 1 rings (SSSR count). The van der Waals surface area contributed by atoms with Crippen LogP contribution in [0.2, 0.25) is 0 Å². The quantitative estimate of drug-likeness (QED) is 0.777. The molecular weight excluding hydrogens is 224 g/mol. The summed E-state index contributed by atoms with van der Waals surface area (Å²) in [6, 6.07) is -0.975. The van der Waals surface area contributed by atoms with E-state index in [0.717, 1.165) is 0 Å². The molecule has 0 unspecified atom stereocenters. The average Bonchev–Trinajstić information content (AvgIpc) is 2.58. The second-order valence-electron chi connectivity index (χ2n) is 4.83. The third kappa shape index (κ3) is 3.27. The summed E-state index contributed by atoms with van der Waals surface area (Å²) in [6.45, 7) is 5.22. The van der Waals surface area contributed by atoms with Crippen molar-refractivity contribution in [3.8, 4) is 0 Å². The van der Waals surface area contributed by atoms with Crippen molar-refractivity contribution in [2.24, 2.45) is 12.5 Å². The zero-order valence-corrected chi connectivity index (χ0v) is 10.3. The van der Waals surface area contributed by atoms with Gasteiger partial charge in [0.05, 0.1) is 6.20 Å². The molecule has 0 spiro atoms. The van der Waals surface area contributed by atoms with Gasteiger partial charge in [0, 0.05) is 7.05 Å². The van der Waals surface area contributed by atoms with Gasteiger partial charge in [-0.3, -0.25) is 4.79 Å². The van der Waals surface area contributed by atoms with Gasteiger partial charge in [-0.2, -0.15) is 9.90 Å². The van der Waals surface area contributed by atoms with Crippen LogP contribution in [0.25, 0.3) is 0 Å². The Labute approximate surface area is 98.8 Å². The van der Waals surface area contributed by atoms with Crippen LogP contribution in [0.5, 0.6) is 0 Å². The second kappa shape index (κ2) is 4.52. The van der Waals surface area contributed by atoms with E-state index in [1.165, 1.54) is 11.0 Å². The van der Waals surface area contributed by atoms with E-state index in [-0.39, 0.29) is 5.69 Å². The first-order valence-electron chi connectivity index (χ1n) is 5.12. The van der Waals surface area contributed by atoms with Gasteiger partial charge in [0.2, 0.25) is 0 Å². The van der Waals surface area contributed by atoms with Gasteiger partial charge in [0.15, 0.2) is 5.69 Å². The van der Waals surface area contributed by atoms with E-state index in [0.29, 0.717) is 0 Å². The molecule has 0 saturated heterocycles. The summed E-state index contributed by atoms with van der Waals surface area (Å²) in [5.74, 6) is -1.62. The summed E-state index contributed by atoms with van der Waals surface area (Å²) < 4.78 is 0. The Morgan fingerprint density at radius 2 is 2.06 bits per heavy atom. The van der Waals surface area contributed by atoms with E-state index < -0.39 is 23.3 Å². The molecule has 1 amide bonds. The van der Waals surface area contributed by atoms with E-state index in [1.54, 1.807) is 27.8 Å². The Bertz CT molecular complexity index is 433. The van der Waals surface area contributed by atoms with E-state index in [2.05, 4.69) is 15.5 Å². The van der Waals surface area contributed by atoms with Crippen LogP contribution in [0.15, 0.2) is 6.20 Å². The first kappa shape index (κ1) is 13.1. The number of rotatable bonds is 3. The molecule has 1 atom stereocenters. The smallest absolute Gasteiger partial charge is 0.326 e. The summed E-state index contributed by atoms with van der Waals surface area (Å²) in [5, 5.41) is 19.0. The summed E-state index contributed by atoms with van der Waals surface area (Å²) in [6.07, 6.45) is 1.29. The van der Waals surface area contributed by atoms with Crippen LogP contribution in [0.4, 0.5) is 0 Å². The maximum absolute atomic E-state index is 11.7. The van der Waals surface area contributed by atoms with Crippen molar-refractivity contribution in [3.63, 3.8) is 0 Å². The highest BCUT2D eigenvalue weighted by atomic mass is 16.4. The Hall–Kier alpha value is -1.92. The molecular formula is C10H16N4O3. The van der Waals surface area contributed by atoms with Gasteiger partial charge in [-0.05, 0) is 5.41 Å². The lowest BCUT2D eigenvalue weighted by molar-refractivity contribution is -0.142. The van der Waals surface area contributed by atoms with Gasteiger partial charge in [0.1, 0.15) is 6.04 Å². The van der Waals surface area contributed by atoms with Crippen molar-refractivity contribution in [1.82, 2.24) is 20.3 Å². The molecule has 0 fully saturated rings. The van der Waals surface area contributed by atoms with Gasteiger partial charge >= 0.3 is 5.97 Å². The molecule has 0 aromatic carbocycles. The number of aryl methyl sites for hydroxylation is 1. The Kier molecular flexibility index (Phi) is 3.50. The van der Waals surface area contributed by atoms with Crippen LogP contribution in [0.3, 0.4) is 0 Å². The number of amides is 1. The van der Waals surface area contributed by atoms with Gasteiger partial charge in [-0.1, -0.05) is 20.8 Å². The van der Waals surface area contributed by atoms with E-state index in [1.807, 2.05) is 0 Å². The molecule has 1 aromatic rings. The highest BCUT2D eigenvalue weighted by molar-refractivity contribution is 5.94. The fourth-order valence-electron chi connectivity index (χ4n) is 1.30. The number of nitrogens with zero attached hydrogens (tertiary/aromatic N) is 3. The average molecular weight is 240 g/mol. The molecule has 0 aliphatic heterocycles. The zero-order valence-electron chi connectivity index (χ0n) is 10.3. The summed E-state index contributed by atoms with van der Waals surface area (Å²) >= 11 is 0. The first-order chi connectivity index (χ1) is 7.71. The number of hydrogen-bond acceptors (Lipinski definition) is 4. The molecule has 7 heteroatoms. The van der Waals surface area contributed by atoms with Crippen molar-refractivity contribution in [3.05, 3.63) is 11.9 Å². The van der Waals surface area contributed by atoms with Crippen molar-refractivity contribution >= 4 is 11.9 Å². The minimum absolute atomic E-state index is 0.100. The number of carboxylic acids is 1. The largest absolute Gasteiger partial charge is 0.480 e. The topological polar surface area (TPSA) is 97.1 Å². The fraction of sp³-hybridized carbons (Fsp3) is 0.600. The van der Waals surface area contributed by atoms with Crippen molar-refractivity contribution in [2.75, 3.05) is 0 Å². The molecule has 7 nitrogen and oxygen atoms in total. The molecule has 1 aromatic heterocycles. The minimum atomic E-state index is -1.07. The number of aliphatic carboxylic acids is 1. The lowest BCUT2D eigenvalue weighted by atomic mass is 9.87. The Morgan fingerprint density at radius 1 is 1.47 bits per heavy atom. The van der Waals surface area contributed by atoms with Crippen LogP contribution in [-0.4, -0.2) is 38.0 Å². The molecule has 0 radical (unpaired) electrons. The number of hydrogen-bond donors (Lipinski definition) is 2. The van der Waals surface area contributed by atoms with Gasteiger partial charge < -0.3 is 10.4 Å². The highest BCUT2D eigenvalue weighted by Gasteiger charge is 2.33. The van der Waals surface area contributed by atoms with Crippen molar-refractivity contribution in [2.45, 2.75) is 26.8 Å². The standard InChI is InChI=1S/C10H16N4O3/c1-10(2,3)7(9(16)17)12-8(15)6-5-11-14(4)13-6/h5,7H,1-4H3,(H,12,15)(H,16,17)/t7-/m1/s1. The molecule has 1 heterocycles. The minimum Gasteiger partial charge on any atom is -0.480 e. The molecule has 0 aliphatic carbocycles. The molecule has 0 saturated carbocycles. The monoisotopic (exact) mass is 240 g/mol. The third-order valence-corrected chi connectivity index (χ3v) is 2.22. The molecule has 0 bridgehead atoms. The van der Waals surface area contributed by atoms with E-state index in [9.17, 15) is 9.59 Å². The van der Waals surface area contributed by atoms with Crippen LogP contribution in [0.1, 0.15) is 31.3 Å². The summed E-state index contributed by atoms with van der Waals surface area (Å²) in [4.78, 5) is 24.0. The highest BCUT2D eigenvalue weighted by Crippen LogP contribution is 2.19. The van der Waals surface area contributed by atoms with Crippen LogP contribution in [-0.2, 0) is 11.8 Å². The molecule has 0 aliphatic rings. The number of carbonyl (C=O) groups is 2. The predicted molar refractivity (Wildman–Crippen MR) is 59.3 cm³/mol. The normalized spacial score (nSPS) is 13.2. The Balaban J connectivity index is 2.82. The van der Waals surface area contributed by atoms with Gasteiger partial charge in [0.25, 0.3) is 5.91 Å². The molecule has 2 N–H and O–H groups in total. The van der Waals surface area contributed by atoms with Crippen molar-refractivity contribution < 1.29 is 14.7 Å². The third-order valence-electron chi connectivity index (χ3n) is 2.22. The van der Waals surface area contributed by atoms with Gasteiger partial charge in [-0.25, -0.2) is 4.79 Å². The van der Waals surface area contributed by atoms with Crippen LogP contribution in [0, 0.1) is 5.41 Å². The number of aromatic nitrogens is 3.